The zero-order chi connectivity index (χ0) is 10.8. The summed E-state index contributed by atoms with van der Waals surface area (Å²) < 4.78 is 4.05. The van der Waals surface area contributed by atoms with Gasteiger partial charge in [-0.25, -0.2) is 0 Å². The molecule has 1 heterocycles. The predicted molar refractivity (Wildman–Crippen MR) is 61.7 cm³/mol. The van der Waals surface area contributed by atoms with Crippen molar-refractivity contribution in [2.75, 3.05) is 0 Å². The second-order valence-corrected chi connectivity index (χ2v) is 4.26. The Balaban J connectivity index is 2.42. The van der Waals surface area contributed by atoms with Gasteiger partial charge in [0.25, 0.3) is 0 Å². The molecule has 0 bridgehead atoms. The zero-order valence-corrected chi connectivity index (χ0v) is 9.60. The van der Waals surface area contributed by atoms with Gasteiger partial charge in [-0.2, -0.15) is 4.37 Å². The molecule has 0 atom stereocenters. The summed E-state index contributed by atoms with van der Waals surface area (Å²) in [5.74, 6) is -0.0637. The number of aryl methyl sites for hydroxylation is 1. The summed E-state index contributed by atoms with van der Waals surface area (Å²) in [6.07, 6.45) is 0. The fourth-order valence-electron chi connectivity index (χ4n) is 1.22. The largest absolute Gasteiger partial charge is 0.288 e. The Bertz CT molecular complexity index is 493. The number of carbonyl (C=O) groups is 1. The molecule has 0 unspecified atom stereocenters. The fourth-order valence-corrected chi connectivity index (χ4v) is 2.25. The molecule has 0 radical (unpaired) electrons. The Labute approximate surface area is 96.7 Å². The van der Waals surface area contributed by atoms with E-state index in [2.05, 4.69) is 4.37 Å². The van der Waals surface area contributed by atoms with E-state index in [1.54, 1.807) is 19.1 Å². The van der Waals surface area contributed by atoms with Gasteiger partial charge in [0, 0.05) is 5.56 Å². The Morgan fingerprint density at radius 2 is 2.00 bits per heavy atom. The topological polar surface area (TPSA) is 30.0 Å². The van der Waals surface area contributed by atoms with Crippen molar-refractivity contribution >= 4 is 28.9 Å². The lowest BCUT2D eigenvalue weighted by atomic mass is 10.1. The monoisotopic (exact) mass is 237 g/mol. The van der Waals surface area contributed by atoms with E-state index >= 15 is 0 Å². The molecular weight excluding hydrogens is 230 g/mol. The van der Waals surface area contributed by atoms with Crippen LogP contribution in [0.5, 0.6) is 0 Å². The molecular formula is C11H8ClNOS. The minimum absolute atomic E-state index is 0.0637. The van der Waals surface area contributed by atoms with Gasteiger partial charge in [0.15, 0.2) is 0 Å². The Hall–Kier alpha value is -1.19. The van der Waals surface area contributed by atoms with Gasteiger partial charge in [0.2, 0.25) is 5.78 Å². The first kappa shape index (κ1) is 10.3. The van der Waals surface area contributed by atoms with Crippen LogP contribution < -0.4 is 0 Å². The Morgan fingerprint density at radius 1 is 1.33 bits per heavy atom. The number of carbonyl (C=O) groups excluding carboxylic acids is 1. The highest BCUT2D eigenvalue weighted by molar-refractivity contribution is 7.09. The number of nitrogens with zero attached hydrogens (tertiary/aromatic N) is 1. The highest BCUT2D eigenvalue weighted by Gasteiger charge is 2.17. The third-order valence-electron chi connectivity index (χ3n) is 2.03. The van der Waals surface area contributed by atoms with Crippen molar-refractivity contribution in [1.29, 1.82) is 0 Å². The second kappa shape index (κ2) is 4.13. The summed E-state index contributed by atoms with van der Waals surface area (Å²) in [5.41, 5.74) is 1.35. The average molecular weight is 238 g/mol. The van der Waals surface area contributed by atoms with E-state index in [-0.39, 0.29) is 5.78 Å². The van der Waals surface area contributed by atoms with Crippen LogP contribution in [0.15, 0.2) is 30.3 Å². The van der Waals surface area contributed by atoms with Gasteiger partial charge in [0.1, 0.15) is 4.88 Å². The molecule has 0 spiro atoms. The summed E-state index contributed by atoms with van der Waals surface area (Å²) in [5, 5.41) is 0.467. The van der Waals surface area contributed by atoms with Crippen molar-refractivity contribution < 1.29 is 4.79 Å². The summed E-state index contributed by atoms with van der Waals surface area (Å²) >= 11 is 7.13. The number of hydrogen-bond donors (Lipinski definition) is 0. The second-order valence-electron chi connectivity index (χ2n) is 3.11. The van der Waals surface area contributed by atoms with Crippen molar-refractivity contribution in [3.05, 3.63) is 51.5 Å². The molecule has 15 heavy (non-hydrogen) atoms. The van der Waals surface area contributed by atoms with E-state index in [0.29, 0.717) is 21.2 Å². The minimum Gasteiger partial charge on any atom is -0.288 e. The van der Waals surface area contributed by atoms with E-state index in [4.69, 9.17) is 11.6 Å². The average Bonchev–Trinajstić information content (AvgIpc) is 2.60. The Morgan fingerprint density at radius 3 is 2.53 bits per heavy atom. The molecule has 2 aromatic rings. The van der Waals surface area contributed by atoms with Gasteiger partial charge in [-0.15, -0.1) is 0 Å². The van der Waals surface area contributed by atoms with Gasteiger partial charge in [-0.05, 0) is 18.5 Å². The first-order valence-corrected chi connectivity index (χ1v) is 5.57. The third kappa shape index (κ3) is 1.94. The van der Waals surface area contributed by atoms with Crippen molar-refractivity contribution in [2.45, 2.75) is 6.92 Å². The third-order valence-corrected chi connectivity index (χ3v) is 3.54. The number of aromatic nitrogens is 1. The highest BCUT2D eigenvalue weighted by atomic mass is 35.5. The van der Waals surface area contributed by atoms with Crippen molar-refractivity contribution in [2.24, 2.45) is 0 Å². The number of halogens is 1. The van der Waals surface area contributed by atoms with Gasteiger partial charge in [-0.1, -0.05) is 41.9 Å². The number of benzene rings is 1. The summed E-state index contributed by atoms with van der Waals surface area (Å²) in [6, 6.07) is 9.07. The lowest BCUT2D eigenvalue weighted by Crippen LogP contribution is -1.98. The van der Waals surface area contributed by atoms with Crippen LogP contribution in [-0.4, -0.2) is 10.2 Å². The zero-order valence-electron chi connectivity index (χ0n) is 8.03. The maximum atomic E-state index is 12.0. The van der Waals surface area contributed by atoms with Crippen LogP contribution >= 0.6 is 23.1 Å². The maximum Gasteiger partial charge on any atom is 0.206 e. The summed E-state index contributed by atoms with van der Waals surface area (Å²) in [7, 11) is 0. The van der Waals surface area contributed by atoms with E-state index in [9.17, 15) is 4.79 Å². The molecule has 0 saturated carbocycles. The fraction of sp³-hybridized carbons (Fsp3) is 0.0909. The van der Waals surface area contributed by atoms with Gasteiger partial charge in [-0.3, -0.25) is 4.79 Å². The van der Waals surface area contributed by atoms with Crippen LogP contribution in [0, 0.1) is 6.92 Å². The number of hydrogen-bond acceptors (Lipinski definition) is 3. The molecule has 0 aliphatic heterocycles. The maximum absolute atomic E-state index is 12.0. The molecule has 76 valence electrons. The van der Waals surface area contributed by atoms with Gasteiger partial charge in [0.05, 0.1) is 10.7 Å². The molecule has 0 fully saturated rings. The van der Waals surface area contributed by atoms with Crippen LogP contribution in [0.25, 0.3) is 0 Å². The molecule has 0 amide bonds. The molecule has 0 N–H and O–H groups in total. The first-order chi connectivity index (χ1) is 7.20. The highest BCUT2D eigenvalue weighted by Crippen LogP contribution is 2.26. The quantitative estimate of drug-likeness (QED) is 0.750. The SMILES string of the molecule is Cc1nsc(C(=O)c2ccccc2)c1Cl. The standard InChI is InChI=1S/C11H8ClNOS/c1-7-9(12)11(15-13-7)10(14)8-5-3-2-4-6-8/h2-6H,1H3. The smallest absolute Gasteiger partial charge is 0.206 e. The van der Waals surface area contributed by atoms with Crippen molar-refractivity contribution in [3.63, 3.8) is 0 Å². The summed E-state index contributed by atoms with van der Waals surface area (Å²) in [4.78, 5) is 12.5. The lowest BCUT2D eigenvalue weighted by molar-refractivity contribution is 0.104. The van der Waals surface area contributed by atoms with E-state index < -0.39 is 0 Å². The number of rotatable bonds is 2. The van der Waals surface area contributed by atoms with Crippen LogP contribution in [0.2, 0.25) is 5.02 Å². The molecule has 2 rings (SSSR count). The lowest BCUT2D eigenvalue weighted by Gasteiger charge is -1.97. The first-order valence-electron chi connectivity index (χ1n) is 4.41. The van der Waals surface area contributed by atoms with Crippen LogP contribution in [-0.2, 0) is 0 Å². The Kier molecular flexibility index (Phi) is 2.84. The van der Waals surface area contributed by atoms with Crippen molar-refractivity contribution in [1.82, 2.24) is 4.37 Å². The minimum atomic E-state index is -0.0637. The normalized spacial score (nSPS) is 10.3. The van der Waals surface area contributed by atoms with E-state index in [1.165, 1.54) is 0 Å². The van der Waals surface area contributed by atoms with Crippen LogP contribution in [0.3, 0.4) is 0 Å². The summed E-state index contributed by atoms with van der Waals surface area (Å²) in [6.45, 7) is 1.79. The number of ketones is 1. The van der Waals surface area contributed by atoms with Gasteiger partial charge >= 0.3 is 0 Å². The molecule has 1 aromatic carbocycles. The molecule has 2 nitrogen and oxygen atoms in total. The molecule has 0 saturated heterocycles. The van der Waals surface area contributed by atoms with E-state index in [1.807, 2.05) is 18.2 Å². The van der Waals surface area contributed by atoms with Crippen LogP contribution in [0.4, 0.5) is 0 Å². The molecule has 0 aliphatic carbocycles. The molecule has 4 heteroatoms. The van der Waals surface area contributed by atoms with Gasteiger partial charge < -0.3 is 0 Å². The predicted octanol–water partition coefficient (Wildman–Crippen LogP) is 3.34. The molecule has 0 aliphatic rings. The molecule has 1 aromatic heterocycles. The van der Waals surface area contributed by atoms with Crippen LogP contribution in [0.1, 0.15) is 20.9 Å². The van der Waals surface area contributed by atoms with Crippen molar-refractivity contribution in [3.8, 4) is 0 Å². The van der Waals surface area contributed by atoms with E-state index in [0.717, 1.165) is 11.5 Å².